The smallest absolute Gasteiger partial charge is 0.251 e. The Bertz CT molecular complexity index is 158. The zero-order valence-corrected chi connectivity index (χ0v) is 7.08. The summed E-state index contributed by atoms with van der Waals surface area (Å²) in [6, 6.07) is 0. The molecule has 2 unspecified atom stereocenters. The Morgan fingerprint density at radius 2 is 2.27 bits per heavy atom. The maximum absolute atomic E-state index is 11.2. The Morgan fingerprint density at radius 1 is 1.64 bits per heavy atom. The van der Waals surface area contributed by atoms with Crippen LogP contribution < -0.4 is 0 Å². The summed E-state index contributed by atoms with van der Waals surface area (Å²) in [6.07, 6.45) is 1.17. The second-order valence-corrected chi connectivity index (χ2v) is 3.32. The van der Waals surface area contributed by atoms with E-state index >= 15 is 0 Å². The van der Waals surface area contributed by atoms with Crippen molar-refractivity contribution >= 4 is 5.91 Å². The van der Waals surface area contributed by atoms with Gasteiger partial charge >= 0.3 is 0 Å². The number of carbonyl (C=O) groups excluding carboxylic acids is 1. The summed E-state index contributed by atoms with van der Waals surface area (Å²) in [5, 5.41) is 9.41. The molecule has 0 spiro atoms. The second-order valence-electron chi connectivity index (χ2n) is 3.32. The fraction of sp³-hybridized carbons (Fsp3) is 0.875. The molecule has 0 aromatic heterocycles. The van der Waals surface area contributed by atoms with Gasteiger partial charge in [0.05, 0.1) is 0 Å². The van der Waals surface area contributed by atoms with Gasteiger partial charge in [-0.15, -0.1) is 0 Å². The van der Waals surface area contributed by atoms with Gasteiger partial charge in [-0.3, -0.25) is 4.79 Å². The average Bonchev–Trinajstić information content (AvgIpc) is 2.07. The van der Waals surface area contributed by atoms with Crippen LogP contribution in [0.15, 0.2) is 0 Å². The van der Waals surface area contributed by atoms with E-state index in [9.17, 15) is 9.90 Å². The van der Waals surface area contributed by atoms with Gasteiger partial charge in [0, 0.05) is 13.6 Å². The molecule has 0 aliphatic carbocycles. The minimum Gasteiger partial charge on any atom is -0.383 e. The number of nitrogens with zero attached hydrogens (tertiary/aromatic N) is 1. The van der Waals surface area contributed by atoms with Crippen LogP contribution >= 0.6 is 0 Å². The summed E-state index contributed by atoms with van der Waals surface area (Å²) in [5.41, 5.74) is 0. The minimum absolute atomic E-state index is 0.118. The first-order valence-electron chi connectivity index (χ1n) is 4.06. The van der Waals surface area contributed by atoms with Crippen LogP contribution in [0.5, 0.6) is 0 Å². The molecule has 3 nitrogen and oxygen atoms in total. The number of rotatable bonds is 0. The molecule has 3 heteroatoms. The van der Waals surface area contributed by atoms with Crippen LogP contribution in [0.25, 0.3) is 0 Å². The lowest BCUT2D eigenvalue weighted by molar-refractivity contribution is -0.139. The Labute approximate surface area is 67.0 Å². The third-order valence-corrected chi connectivity index (χ3v) is 2.32. The highest BCUT2D eigenvalue weighted by molar-refractivity contribution is 5.80. The lowest BCUT2D eigenvalue weighted by Crippen LogP contribution is -2.37. The molecule has 1 amide bonds. The summed E-state index contributed by atoms with van der Waals surface area (Å²) >= 11 is 0. The van der Waals surface area contributed by atoms with Gasteiger partial charge in [-0.25, -0.2) is 0 Å². The van der Waals surface area contributed by atoms with Gasteiger partial charge in [0.1, 0.15) is 6.10 Å². The van der Waals surface area contributed by atoms with E-state index in [0.717, 1.165) is 19.4 Å². The number of amides is 1. The fourth-order valence-electron chi connectivity index (χ4n) is 1.39. The first-order valence-corrected chi connectivity index (χ1v) is 4.06. The van der Waals surface area contributed by atoms with E-state index in [1.807, 2.05) is 6.92 Å². The van der Waals surface area contributed by atoms with Gasteiger partial charge in [0.15, 0.2) is 0 Å². The molecule has 0 bridgehead atoms. The quantitative estimate of drug-likeness (QED) is 0.547. The number of hydrogen-bond acceptors (Lipinski definition) is 2. The van der Waals surface area contributed by atoms with Crippen LogP contribution in [0.3, 0.4) is 0 Å². The Hall–Kier alpha value is -0.570. The van der Waals surface area contributed by atoms with Crippen molar-refractivity contribution in [3.63, 3.8) is 0 Å². The van der Waals surface area contributed by atoms with Gasteiger partial charge in [0.25, 0.3) is 5.91 Å². The molecule has 1 rings (SSSR count). The highest BCUT2D eigenvalue weighted by atomic mass is 16.3. The Kier molecular flexibility index (Phi) is 2.49. The van der Waals surface area contributed by atoms with Crippen LogP contribution in [0.2, 0.25) is 0 Å². The van der Waals surface area contributed by atoms with E-state index in [1.165, 1.54) is 0 Å². The van der Waals surface area contributed by atoms with Gasteiger partial charge < -0.3 is 10.0 Å². The highest BCUT2D eigenvalue weighted by Crippen LogP contribution is 2.16. The molecule has 0 aromatic rings. The third-order valence-electron chi connectivity index (χ3n) is 2.32. The van der Waals surface area contributed by atoms with E-state index in [0.29, 0.717) is 0 Å². The molecule has 1 saturated heterocycles. The molecule has 0 aromatic carbocycles. The molecule has 0 saturated carbocycles. The highest BCUT2D eigenvalue weighted by Gasteiger charge is 2.27. The summed E-state index contributed by atoms with van der Waals surface area (Å²) in [6.45, 7) is 2.70. The van der Waals surface area contributed by atoms with E-state index in [-0.39, 0.29) is 11.8 Å². The molecule has 2 atom stereocenters. The van der Waals surface area contributed by atoms with Crippen molar-refractivity contribution < 1.29 is 9.90 Å². The number of aliphatic hydroxyl groups excluding tert-OH is 1. The minimum atomic E-state index is -0.775. The summed E-state index contributed by atoms with van der Waals surface area (Å²) in [5.74, 6) is -0.0116. The van der Waals surface area contributed by atoms with Crippen LogP contribution in [-0.4, -0.2) is 35.6 Å². The number of aliphatic hydroxyl groups is 1. The fourth-order valence-corrected chi connectivity index (χ4v) is 1.39. The van der Waals surface area contributed by atoms with E-state index in [2.05, 4.69) is 0 Å². The number of carbonyl (C=O) groups is 1. The predicted octanol–water partition coefficient (Wildman–Crippen LogP) is 0.236. The lowest BCUT2D eigenvalue weighted by atomic mass is 10.0. The van der Waals surface area contributed by atoms with E-state index in [4.69, 9.17) is 0 Å². The second kappa shape index (κ2) is 3.22. The van der Waals surface area contributed by atoms with Crippen molar-refractivity contribution in [1.82, 2.24) is 4.90 Å². The van der Waals surface area contributed by atoms with Crippen molar-refractivity contribution in [3.05, 3.63) is 0 Å². The van der Waals surface area contributed by atoms with Crippen molar-refractivity contribution in [1.29, 1.82) is 0 Å². The van der Waals surface area contributed by atoms with Crippen molar-refractivity contribution in [3.8, 4) is 0 Å². The Morgan fingerprint density at radius 3 is 2.91 bits per heavy atom. The van der Waals surface area contributed by atoms with Crippen molar-refractivity contribution in [2.24, 2.45) is 5.92 Å². The van der Waals surface area contributed by atoms with Gasteiger partial charge in [-0.2, -0.15) is 0 Å². The molecular weight excluding hydrogens is 142 g/mol. The van der Waals surface area contributed by atoms with Crippen LogP contribution in [-0.2, 0) is 4.79 Å². The van der Waals surface area contributed by atoms with Crippen molar-refractivity contribution in [2.45, 2.75) is 25.9 Å². The number of hydrogen-bond donors (Lipinski definition) is 1. The van der Waals surface area contributed by atoms with Crippen LogP contribution in [0.1, 0.15) is 19.8 Å². The average molecular weight is 157 g/mol. The molecule has 1 heterocycles. The molecule has 1 fully saturated rings. The number of likely N-dealkylation sites (N-methyl/N-ethyl adjacent to an activating group) is 1. The predicted molar refractivity (Wildman–Crippen MR) is 42.0 cm³/mol. The first kappa shape index (κ1) is 8.53. The van der Waals surface area contributed by atoms with Crippen LogP contribution in [0, 0.1) is 5.92 Å². The van der Waals surface area contributed by atoms with Gasteiger partial charge in [0.2, 0.25) is 0 Å². The molecule has 64 valence electrons. The summed E-state index contributed by atoms with van der Waals surface area (Å²) < 4.78 is 0. The summed E-state index contributed by atoms with van der Waals surface area (Å²) in [7, 11) is 1.74. The van der Waals surface area contributed by atoms with Gasteiger partial charge in [-0.05, 0) is 18.8 Å². The standard InChI is InChI=1S/C8H15NO2/c1-6-4-3-5-9(2)8(11)7(6)10/h6-7,10H,3-5H2,1-2H3. The molecule has 1 aliphatic heterocycles. The first-order chi connectivity index (χ1) is 5.13. The maximum Gasteiger partial charge on any atom is 0.251 e. The maximum atomic E-state index is 11.2. The Balaban J connectivity index is 2.66. The largest absolute Gasteiger partial charge is 0.383 e. The van der Waals surface area contributed by atoms with E-state index < -0.39 is 6.10 Å². The monoisotopic (exact) mass is 157 g/mol. The summed E-state index contributed by atoms with van der Waals surface area (Å²) in [4.78, 5) is 12.8. The molecule has 1 aliphatic rings. The number of likely N-dealkylation sites (tertiary alicyclic amines) is 1. The van der Waals surface area contributed by atoms with E-state index in [1.54, 1.807) is 11.9 Å². The molecular formula is C8H15NO2. The topological polar surface area (TPSA) is 40.5 Å². The lowest BCUT2D eigenvalue weighted by Gasteiger charge is -2.18. The van der Waals surface area contributed by atoms with Gasteiger partial charge in [-0.1, -0.05) is 6.92 Å². The molecule has 0 radical (unpaired) electrons. The molecule has 1 N–H and O–H groups in total. The van der Waals surface area contributed by atoms with Crippen LogP contribution in [0.4, 0.5) is 0 Å². The SMILES string of the molecule is CC1CCCN(C)C(=O)C1O. The third kappa shape index (κ3) is 1.71. The zero-order valence-electron chi connectivity index (χ0n) is 7.08. The van der Waals surface area contributed by atoms with Crippen molar-refractivity contribution in [2.75, 3.05) is 13.6 Å². The zero-order chi connectivity index (χ0) is 8.43. The molecule has 11 heavy (non-hydrogen) atoms. The normalized spacial score (nSPS) is 33.7.